The Labute approximate surface area is 223 Å². The maximum absolute atomic E-state index is 13.3. The predicted octanol–water partition coefficient (Wildman–Crippen LogP) is 5.16. The molecule has 1 atom stereocenters. The van der Waals surface area contributed by atoms with Crippen molar-refractivity contribution in [2.24, 2.45) is 0 Å². The van der Waals surface area contributed by atoms with Gasteiger partial charge in [0.25, 0.3) is 0 Å². The van der Waals surface area contributed by atoms with Gasteiger partial charge in [0.15, 0.2) is 0 Å². The largest absolute Gasteiger partial charge is 0.497 e. The number of likely N-dealkylation sites (N-methyl/N-ethyl adjacent to an activating group) is 1. The smallest absolute Gasteiger partial charge is 0.326 e. The number of hydrogen-bond acceptors (Lipinski definition) is 7. The number of methoxy groups -OCH3 is 1. The van der Waals surface area contributed by atoms with E-state index in [2.05, 4.69) is 15.5 Å². The molecule has 190 valence electrons. The Kier molecular flexibility index (Phi) is 10.1. The van der Waals surface area contributed by atoms with Crippen LogP contribution in [0.4, 0.5) is 16.2 Å². The molecular formula is C24H25Cl2N5O4S. The van der Waals surface area contributed by atoms with Crippen LogP contribution in [-0.4, -0.2) is 41.9 Å². The van der Waals surface area contributed by atoms with Crippen LogP contribution in [0.2, 0.25) is 10.0 Å². The molecule has 0 radical (unpaired) electrons. The van der Waals surface area contributed by atoms with Crippen LogP contribution in [0.1, 0.15) is 5.56 Å². The third-order valence-corrected chi connectivity index (χ3v) is 6.43. The summed E-state index contributed by atoms with van der Waals surface area (Å²) in [6, 6.07) is 19.6. The average molecular weight is 550 g/mol. The fourth-order valence-corrected chi connectivity index (χ4v) is 3.92. The van der Waals surface area contributed by atoms with Crippen LogP contribution >= 0.6 is 35.3 Å². The van der Waals surface area contributed by atoms with Gasteiger partial charge in [-0.05, 0) is 46.5 Å². The van der Waals surface area contributed by atoms with Gasteiger partial charge in [0.1, 0.15) is 11.8 Å². The summed E-state index contributed by atoms with van der Waals surface area (Å²) in [5.41, 5.74) is 4.42. The highest BCUT2D eigenvalue weighted by Crippen LogP contribution is 2.30. The van der Waals surface area contributed by atoms with E-state index in [0.717, 1.165) is 5.56 Å². The number of nitrogens with zero attached hydrogens (tertiary/aromatic N) is 2. The summed E-state index contributed by atoms with van der Waals surface area (Å²) in [6.07, 6.45) is 0.261. The van der Waals surface area contributed by atoms with Crippen LogP contribution in [0, 0.1) is 0 Å². The van der Waals surface area contributed by atoms with Gasteiger partial charge in [-0.1, -0.05) is 59.6 Å². The lowest BCUT2D eigenvalue weighted by Crippen LogP contribution is -2.51. The van der Waals surface area contributed by atoms with Gasteiger partial charge in [0.2, 0.25) is 5.91 Å². The third-order valence-electron chi connectivity index (χ3n) is 5.07. The zero-order chi connectivity index (χ0) is 26.1. The SMILES string of the molecule is COc1ccc(N(C)C(=O)C(Cc2ccccc2)NC(=O)NSN(O)Nc2cccc(Cl)c2Cl)cc1. The average Bonchev–Trinajstić information content (AvgIpc) is 2.89. The number of rotatable bonds is 10. The van der Waals surface area contributed by atoms with E-state index >= 15 is 0 Å². The number of amides is 3. The molecule has 0 bridgehead atoms. The molecule has 0 saturated carbocycles. The van der Waals surface area contributed by atoms with Crippen molar-refractivity contribution in [3.8, 4) is 5.75 Å². The molecule has 0 saturated heterocycles. The Morgan fingerprint density at radius 3 is 2.39 bits per heavy atom. The predicted molar refractivity (Wildman–Crippen MR) is 143 cm³/mol. The molecule has 3 aromatic rings. The van der Waals surface area contributed by atoms with Crippen molar-refractivity contribution in [2.75, 3.05) is 24.5 Å². The molecule has 36 heavy (non-hydrogen) atoms. The first-order chi connectivity index (χ1) is 17.3. The van der Waals surface area contributed by atoms with Gasteiger partial charge in [-0.15, -0.1) is 0 Å². The van der Waals surface area contributed by atoms with Crippen LogP contribution in [0.25, 0.3) is 0 Å². The normalized spacial score (nSPS) is 11.5. The van der Waals surface area contributed by atoms with Crippen molar-refractivity contribution in [1.82, 2.24) is 14.6 Å². The fourth-order valence-electron chi connectivity index (χ4n) is 3.21. The number of ether oxygens (including phenoxy) is 1. The summed E-state index contributed by atoms with van der Waals surface area (Å²) >= 11 is 12.6. The molecule has 0 aliphatic carbocycles. The molecule has 0 aromatic heterocycles. The molecule has 0 aliphatic heterocycles. The molecule has 0 aliphatic rings. The number of carbonyl (C=O) groups excluding carboxylic acids is 2. The van der Waals surface area contributed by atoms with E-state index in [9.17, 15) is 14.8 Å². The minimum Gasteiger partial charge on any atom is -0.497 e. The summed E-state index contributed by atoms with van der Waals surface area (Å²) in [6.45, 7) is 0. The van der Waals surface area contributed by atoms with Gasteiger partial charge in [0, 0.05) is 19.2 Å². The van der Waals surface area contributed by atoms with Gasteiger partial charge in [0.05, 0.1) is 35.0 Å². The molecule has 3 rings (SSSR count). The molecule has 3 amide bonds. The molecule has 1 unspecified atom stereocenters. The van der Waals surface area contributed by atoms with Crippen molar-refractivity contribution >= 4 is 58.6 Å². The van der Waals surface area contributed by atoms with E-state index in [0.29, 0.717) is 38.9 Å². The second-order valence-electron chi connectivity index (χ2n) is 7.49. The van der Waals surface area contributed by atoms with E-state index in [1.165, 1.54) is 4.90 Å². The number of hydrogen-bond donors (Lipinski definition) is 4. The second kappa shape index (κ2) is 13.2. The number of nitrogens with one attached hydrogen (secondary N) is 3. The third kappa shape index (κ3) is 7.67. The lowest BCUT2D eigenvalue weighted by Gasteiger charge is -2.25. The Morgan fingerprint density at radius 1 is 1.03 bits per heavy atom. The summed E-state index contributed by atoms with van der Waals surface area (Å²) in [5.74, 6) is 0.338. The highest BCUT2D eigenvalue weighted by Gasteiger charge is 2.26. The van der Waals surface area contributed by atoms with Crippen LogP contribution in [0.5, 0.6) is 5.75 Å². The molecule has 3 aromatic carbocycles. The number of hydrazine groups is 1. The van der Waals surface area contributed by atoms with Crippen molar-refractivity contribution in [2.45, 2.75) is 12.5 Å². The van der Waals surface area contributed by atoms with Gasteiger partial charge in [-0.25, -0.2) is 4.79 Å². The number of anilines is 2. The zero-order valence-electron chi connectivity index (χ0n) is 19.4. The first kappa shape index (κ1) is 27.4. The zero-order valence-corrected chi connectivity index (χ0v) is 21.8. The van der Waals surface area contributed by atoms with E-state index in [4.69, 9.17) is 27.9 Å². The molecule has 12 heteroatoms. The summed E-state index contributed by atoms with van der Waals surface area (Å²) in [5, 5.41) is 13.3. The Hall–Kier alpha value is -3.15. The van der Waals surface area contributed by atoms with E-state index in [1.807, 2.05) is 30.3 Å². The van der Waals surface area contributed by atoms with Crippen molar-refractivity contribution in [3.63, 3.8) is 0 Å². The molecule has 0 heterocycles. The van der Waals surface area contributed by atoms with Gasteiger partial charge >= 0.3 is 6.03 Å². The second-order valence-corrected chi connectivity index (χ2v) is 9.01. The summed E-state index contributed by atoms with van der Waals surface area (Å²) in [4.78, 5) is 27.4. The lowest BCUT2D eigenvalue weighted by atomic mass is 10.0. The number of urea groups is 1. The molecule has 9 nitrogen and oxygen atoms in total. The number of halogens is 2. The minimum atomic E-state index is -0.887. The van der Waals surface area contributed by atoms with Crippen molar-refractivity contribution in [1.29, 1.82) is 0 Å². The van der Waals surface area contributed by atoms with Crippen LogP contribution in [-0.2, 0) is 11.2 Å². The van der Waals surface area contributed by atoms with Crippen molar-refractivity contribution < 1.29 is 19.5 Å². The first-order valence-corrected chi connectivity index (χ1v) is 12.2. The highest BCUT2D eigenvalue weighted by molar-refractivity contribution is 7.95. The molecule has 0 fully saturated rings. The van der Waals surface area contributed by atoms with Crippen LogP contribution in [0.15, 0.2) is 72.8 Å². The maximum Gasteiger partial charge on any atom is 0.326 e. The lowest BCUT2D eigenvalue weighted by molar-refractivity contribution is -0.120. The topological polar surface area (TPSA) is 106 Å². The molecule has 0 spiro atoms. The van der Waals surface area contributed by atoms with Gasteiger partial charge < -0.3 is 15.0 Å². The fraction of sp³-hybridized carbons (Fsp3) is 0.167. The van der Waals surface area contributed by atoms with Gasteiger partial charge in [-0.2, -0.15) is 0 Å². The van der Waals surface area contributed by atoms with Crippen LogP contribution in [0.3, 0.4) is 0 Å². The molecule has 4 N–H and O–H groups in total. The first-order valence-electron chi connectivity index (χ1n) is 10.7. The quantitative estimate of drug-likeness (QED) is 0.204. The summed E-state index contributed by atoms with van der Waals surface area (Å²) < 4.78 is 8.14. The van der Waals surface area contributed by atoms with E-state index in [1.54, 1.807) is 56.6 Å². The number of carbonyl (C=O) groups is 2. The Balaban J connectivity index is 1.65. The summed E-state index contributed by atoms with van der Waals surface area (Å²) in [7, 11) is 3.19. The number of benzene rings is 3. The maximum atomic E-state index is 13.3. The monoisotopic (exact) mass is 549 g/mol. The minimum absolute atomic E-state index is 0.207. The van der Waals surface area contributed by atoms with Crippen LogP contribution < -0.4 is 25.1 Å². The Morgan fingerprint density at radius 2 is 1.72 bits per heavy atom. The standard InChI is InChI=1S/C24H25Cl2N5O4S/c1-30(17-11-13-18(35-2)14-12-17)23(32)21(15-16-7-4-3-5-8-16)27-24(33)29-36-31(34)28-20-10-6-9-19(25)22(20)26/h3-14,21,28,34H,15H2,1-2H3,(H2,27,29,33). The van der Waals surface area contributed by atoms with E-state index in [-0.39, 0.29) is 17.4 Å². The Bertz CT molecular complexity index is 1170. The van der Waals surface area contributed by atoms with E-state index < -0.39 is 12.1 Å². The molecular weight excluding hydrogens is 525 g/mol. The van der Waals surface area contributed by atoms with Crippen molar-refractivity contribution in [3.05, 3.63) is 88.4 Å². The van der Waals surface area contributed by atoms with Gasteiger partial charge in [-0.3, -0.25) is 20.1 Å². The highest BCUT2D eigenvalue weighted by atomic mass is 35.5.